The number of hydrogen-bond donors (Lipinski definition) is 1. The van der Waals surface area contributed by atoms with Crippen LogP contribution >= 0.6 is 0 Å². The zero-order valence-corrected chi connectivity index (χ0v) is 17.1. The van der Waals surface area contributed by atoms with Gasteiger partial charge in [0.25, 0.3) is 0 Å². The van der Waals surface area contributed by atoms with Gasteiger partial charge in [-0.25, -0.2) is 9.18 Å². The molecule has 0 unspecified atom stereocenters. The van der Waals surface area contributed by atoms with E-state index in [1.165, 1.54) is 24.4 Å². The average molecular weight is 416 g/mol. The molecule has 2 N–H and O–H groups in total. The number of nitrogen functional groups attached to an aromatic ring is 1. The second-order valence-electron chi connectivity index (χ2n) is 6.42. The van der Waals surface area contributed by atoms with Crippen molar-refractivity contribution in [2.45, 2.75) is 25.7 Å². The molecule has 0 saturated carbocycles. The van der Waals surface area contributed by atoms with Gasteiger partial charge in [-0.1, -0.05) is 32.0 Å². The summed E-state index contributed by atoms with van der Waals surface area (Å²) in [5.74, 6) is 0.101. The lowest BCUT2D eigenvalue weighted by Gasteiger charge is -2.43. The summed E-state index contributed by atoms with van der Waals surface area (Å²) < 4.78 is 25.2. The highest BCUT2D eigenvalue weighted by molar-refractivity contribution is 6.41. The summed E-state index contributed by atoms with van der Waals surface area (Å²) in [5, 5.41) is 5.80. The van der Waals surface area contributed by atoms with Crippen molar-refractivity contribution < 1.29 is 18.7 Å². The lowest BCUT2D eigenvalue weighted by Crippen LogP contribution is -2.54. The van der Waals surface area contributed by atoms with Crippen LogP contribution < -0.4 is 15.2 Å². The van der Waals surface area contributed by atoms with Gasteiger partial charge in [0.05, 0.1) is 27.9 Å². The number of nitrogens with two attached hydrogens (primary N) is 1. The van der Waals surface area contributed by atoms with Crippen molar-refractivity contribution in [2.24, 2.45) is 0 Å². The fourth-order valence-corrected chi connectivity index (χ4v) is 2.98. The summed E-state index contributed by atoms with van der Waals surface area (Å²) in [6.07, 6.45) is 0.678. The Bertz CT molecular complexity index is 1080. The molecule has 3 aromatic rings. The number of amides is 1. The van der Waals surface area contributed by atoms with Gasteiger partial charge in [0.2, 0.25) is 5.88 Å². The van der Waals surface area contributed by atoms with Crippen molar-refractivity contribution in [1.29, 1.82) is 0 Å². The van der Waals surface area contributed by atoms with Gasteiger partial charge >= 0.3 is 6.09 Å². The number of aromatic nitrogens is 2. The topological polar surface area (TPSA) is 90.6 Å². The molecule has 1 amide bonds. The molecule has 0 fully saturated rings. The number of benzene rings is 2. The summed E-state index contributed by atoms with van der Waals surface area (Å²) in [6.45, 7) is 3.78. The molecule has 10 heteroatoms. The highest BCUT2D eigenvalue weighted by Crippen LogP contribution is 2.39. The molecular formula is C21H19B2FN4O3. The van der Waals surface area contributed by atoms with Crippen molar-refractivity contribution in [3.63, 3.8) is 0 Å². The van der Waals surface area contributed by atoms with E-state index in [1.807, 2.05) is 13.8 Å². The number of carbonyl (C=O) groups is 1. The third kappa shape index (κ3) is 4.47. The van der Waals surface area contributed by atoms with Gasteiger partial charge in [-0.05, 0) is 23.5 Å². The Labute approximate surface area is 182 Å². The Hall–Kier alpha value is -3.55. The lowest BCUT2D eigenvalue weighted by atomic mass is 9.56. The fourth-order valence-electron chi connectivity index (χ4n) is 2.98. The van der Waals surface area contributed by atoms with Gasteiger partial charge in [-0.2, -0.15) is 5.10 Å². The van der Waals surface area contributed by atoms with E-state index in [9.17, 15) is 9.18 Å². The van der Waals surface area contributed by atoms with E-state index in [0.717, 1.165) is 4.90 Å². The number of carbonyl (C=O) groups excluding carboxylic acids is 1. The minimum Gasteiger partial charge on any atom is -0.437 e. The first-order valence-corrected chi connectivity index (χ1v) is 9.56. The van der Waals surface area contributed by atoms with E-state index in [2.05, 4.69) is 10.2 Å². The van der Waals surface area contributed by atoms with Gasteiger partial charge in [0, 0.05) is 29.5 Å². The zero-order chi connectivity index (χ0) is 22.6. The van der Waals surface area contributed by atoms with Crippen molar-refractivity contribution >= 4 is 27.5 Å². The van der Waals surface area contributed by atoms with Crippen LogP contribution in [0.5, 0.6) is 17.4 Å². The van der Waals surface area contributed by atoms with E-state index in [4.69, 9.17) is 30.9 Å². The van der Waals surface area contributed by atoms with E-state index in [0.29, 0.717) is 11.3 Å². The number of fused-ring (bicyclic) bond motifs is 1. The van der Waals surface area contributed by atoms with E-state index in [1.54, 1.807) is 30.3 Å². The molecule has 0 atom stereocenters. The molecule has 154 valence electrons. The monoisotopic (exact) mass is 416 g/mol. The standard InChI is InChI=1S/C19H13B2FN4O3.C2H6/c20-19(21)13-7-6-12(28-16-5-2-8-24-25-16)9-15(13)29-18(27)26(19)10-11-3-1-4-14(23)17(11)22;1-2/h1-9H,10,23H2;1-2H3. The Morgan fingerprint density at radius 2 is 1.97 bits per heavy atom. The van der Waals surface area contributed by atoms with Crippen molar-refractivity contribution in [1.82, 2.24) is 15.1 Å². The van der Waals surface area contributed by atoms with Crippen molar-refractivity contribution in [2.75, 3.05) is 5.73 Å². The first-order valence-electron chi connectivity index (χ1n) is 9.56. The Morgan fingerprint density at radius 3 is 2.68 bits per heavy atom. The largest absolute Gasteiger partial charge is 0.437 e. The smallest absolute Gasteiger partial charge is 0.414 e. The number of rotatable bonds is 4. The van der Waals surface area contributed by atoms with Crippen LogP contribution in [0.4, 0.5) is 14.9 Å². The SMILES string of the molecule is CC.[B]C1([B])c2ccc(Oc3cccnn3)cc2OC(=O)N1Cc1cccc(N)c1F. The Balaban J connectivity index is 0.00000132. The predicted octanol–water partition coefficient (Wildman–Crippen LogP) is 3.48. The number of nitrogens with zero attached hydrogens (tertiary/aromatic N) is 3. The van der Waals surface area contributed by atoms with Crippen LogP contribution in [0.15, 0.2) is 54.7 Å². The van der Waals surface area contributed by atoms with E-state index in [-0.39, 0.29) is 29.4 Å². The minimum atomic E-state index is -1.74. The van der Waals surface area contributed by atoms with Crippen LogP contribution in [-0.4, -0.2) is 36.9 Å². The predicted molar refractivity (Wildman–Crippen MR) is 115 cm³/mol. The molecule has 1 aliphatic heterocycles. The molecule has 4 rings (SSSR count). The maximum Gasteiger partial charge on any atom is 0.414 e. The van der Waals surface area contributed by atoms with Crippen LogP contribution in [-0.2, 0) is 11.9 Å². The highest BCUT2D eigenvalue weighted by atomic mass is 19.1. The number of ether oxygens (including phenoxy) is 2. The number of halogens is 1. The van der Waals surface area contributed by atoms with Gasteiger partial charge in [0.15, 0.2) is 5.82 Å². The molecule has 31 heavy (non-hydrogen) atoms. The van der Waals surface area contributed by atoms with Gasteiger partial charge in [-0.15, -0.1) is 5.10 Å². The van der Waals surface area contributed by atoms with Crippen molar-refractivity contribution in [3.05, 3.63) is 71.7 Å². The van der Waals surface area contributed by atoms with Gasteiger partial charge in [-0.3, -0.25) is 0 Å². The summed E-state index contributed by atoms with van der Waals surface area (Å²) in [7, 11) is 12.5. The third-order valence-corrected chi connectivity index (χ3v) is 4.46. The minimum absolute atomic E-state index is 0.0429. The van der Waals surface area contributed by atoms with Gasteiger partial charge in [0.1, 0.15) is 11.5 Å². The zero-order valence-electron chi connectivity index (χ0n) is 17.1. The quantitative estimate of drug-likeness (QED) is 0.518. The van der Waals surface area contributed by atoms with Crippen LogP contribution in [0.3, 0.4) is 0 Å². The third-order valence-electron chi connectivity index (χ3n) is 4.46. The maximum atomic E-state index is 14.3. The molecule has 1 aromatic heterocycles. The Kier molecular flexibility index (Phi) is 6.48. The summed E-state index contributed by atoms with van der Waals surface area (Å²) in [6, 6.07) is 12.4. The molecule has 7 nitrogen and oxygen atoms in total. The fraction of sp³-hybridized carbons (Fsp3) is 0.190. The molecule has 0 bridgehead atoms. The van der Waals surface area contributed by atoms with Crippen LogP contribution in [0, 0.1) is 5.82 Å². The van der Waals surface area contributed by atoms with Crippen LogP contribution in [0.2, 0.25) is 0 Å². The summed E-state index contributed by atoms with van der Waals surface area (Å²) >= 11 is 0. The molecular weight excluding hydrogens is 397 g/mol. The normalized spacial score (nSPS) is 14.0. The highest BCUT2D eigenvalue weighted by Gasteiger charge is 2.40. The number of hydrogen-bond acceptors (Lipinski definition) is 6. The van der Waals surface area contributed by atoms with E-state index < -0.39 is 17.2 Å². The molecule has 2 heterocycles. The van der Waals surface area contributed by atoms with Crippen molar-refractivity contribution in [3.8, 4) is 17.4 Å². The first-order chi connectivity index (χ1) is 14.9. The lowest BCUT2D eigenvalue weighted by molar-refractivity contribution is 0.120. The second-order valence-corrected chi connectivity index (χ2v) is 6.42. The van der Waals surface area contributed by atoms with Crippen LogP contribution in [0.25, 0.3) is 0 Å². The van der Waals surface area contributed by atoms with Crippen LogP contribution in [0.1, 0.15) is 25.0 Å². The van der Waals surface area contributed by atoms with E-state index >= 15 is 0 Å². The second kappa shape index (κ2) is 9.07. The number of anilines is 1. The average Bonchev–Trinajstić information content (AvgIpc) is 2.76. The molecule has 0 saturated heterocycles. The Morgan fingerprint density at radius 1 is 1.19 bits per heavy atom. The maximum absolute atomic E-state index is 14.3. The first kappa shape index (κ1) is 22.1. The summed E-state index contributed by atoms with van der Waals surface area (Å²) in [4.78, 5) is 13.6. The molecule has 0 aliphatic carbocycles. The molecule has 0 spiro atoms. The molecule has 1 aliphatic rings. The van der Waals surface area contributed by atoms with Gasteiger partial charge < -0.3 is 20.1 Å². The summed E-state index contributed by atoms with van der Waals surface area (Å²) in [5.41, 5.74) is 6.03. The molecule has 2 aromatic carbocycles. The molecule has 4 radical (unpaired) electrons.